The smallest absolute Gasteiger partial charge is 0.311 e. The van der Waals surface area contributed by atoms with E-state index in [0.717, 1.165) is 12.8 Å². The fraction of sp³-hybridized carbons (Fsp3) is 0.467. The average Bonchev–Trinajstić information content (AvgIpc) is 2.44. The fourth-order valence-electron chi connectivity index (χ4n) is 2.74. The number of benzene rings is 1. The van der Waals surface area contributed by atoms with Gasteiger partial charge >= 0.3 is 5.97 Å². The first-order valence-corrected chi connectivity index (χ1v) is 8.01. The lowest BCUT2D eigenvalue weighted by Crippen LogP contribution is -2.52. The van der Waals surface area contributed by atoms with Crippen molar-refractivity contribution in [1.29, 1.82) is 0 Å². The molecule has 4 nitrogen and oxygen atoms in total. The molecular weight excluding hydrogens is 358 g/mol. The number of carbonyl (C=O) groups excluding carboxylic acids is 1. The van der Waals surface area contributed by atoms with Crippen LogP contribution in [-0.2, 0) is 4.79 Å². The van der Waals surface area contributed by atoms with Crippen LogP contribution < -0.4 is 5.32 Å². The minimum Gasteiger partial charge on any atom is -0.481 e. The van der Waals surface area contributed by atoms with Crippen LogP contribution in [0.1, 0.15) is 43.0 Å². The first kappa shape index (κ1) is 16.3. The summed E-state index contributed by atoms with van der Waals surface area (Å²) in [7, 11) is 0. The van der Waals surface area contributed by atoms with Crippen molar-refractivity contribution in [1.82, 2.24) is 5.32 Å². The van der Waals surface area contributed by atoms with Gasteiger partial charge in [0.2, 0.25) is 0 Å². The molecule has 1 saturated carbocycles. The predicted molar refractivity (Wildman–Crippen MR) is 84.6 cm³/mol. The van der Waals surface area contributed by atoms with Gasteiger partial charge in [0.05, 0.1) is 16.0 Å². The Bertz CT molecular complexity index is 578. The van der Waals surface area contributed by atoms with Gasteiger partial charge in [-0.3, -0.25) is 9.59 Å². The number of rotatable bonds is 3. The number of hydrogen-bond acceptors (Lipinski definition) is 2. The number of carboxylic acid groups (broad SMARTS) is 1. The Balaban J connectivity index is 2.21. The van der Waals surface area contributed by atoms with Crippen LogP contribution in [0.25, 0.3) is 0 Å². The molecule has 1 fully saturated rings. The molecule has 0 aromatic heterocycles. The molecule has 0 spiro atoms. The molecule has 1 aliphatic carbocycles. The molecule has 1 aromatic carbocycles. The maximum absolute atomic E-state index is 12.4. The van der Waals surface area contributed by atoms with E-state index in [0.29, 0.717) is 27.9 Å². The standard InChI is InChI=1S/C15H17BrClNO3/c1-15(14(20)21)8-3-2-7-11(15)18-13(19)9-5-4-6-10(16)12(9)17/h4-6,11H,2-3,7-8H2,1H3,(H,18,19)(H,20,21). The number of hydrogen-bond donors (Lipinski definition) is 2. The lowest BCUT2D eigenvalue weighted by molar-refractivity contribution is -0.151. The molecular formula is C15H17BrClNO3. The number of carbonyl (C=O) groups is 2. The molecule has 1 aliphatic rings. The Morgan fingerprint density at radius 1 is 1.43 bits per heavy atom. The number of carboxylic acids is 1. The van der Waals surface area contributed by atoms with Crippen molar-refractivity contribution in [3.8, 4) is 0 Å². The van der Waals surface area contributed by atoms with Crippen LogP contribution in [0.4, 0.5) is 0 Å². The van der Waals surface area contributed by atoms with Crippen molar-refractivity contribution < 1.29 is 14.7 Å². The van der Waals surface area contributed by atoms with Crippen molar-refractivity contribution in [3.63, 3.8) is 0 Å². The summed E-state index contributed by atoms with van der Waals surface area (Å²) in [6.45, 7) is 1.70. The average molecular weight is 375 g/mol. The molecule has 0 heterocycles. The van der Waals surface area contributed by atoms with Crippen molar-refractivity contribution in [2.75, 3.05) is 0 Å². The van der Waals surface area contributed by atoms with Gasteiger partial charge in [-0.05, 0) is 47.8 Å². The summed E-state index contributed by atoms with van der Waals surface area (Å²) in [4.78, 5) is 23.9. The van der Waals surface area contributed by atoms with E-state index in [4.69, 9.17) is 11.6 Å². The number of aliphatic carboxylic acids is 1. The SMILES string of the molecule is CC1(C(=O)O)CCCCC1NC(=O)c1cccc(Br)c1Cl. The molecule has 6 heteroatoms. The van der Waals surface area contributed by atoms with E-state index >= 15 is 0 Å². The fourth-order valence-corrected chi connectivity index (χ4v) is 3.31. The van der Waals surface area contributed by atoms with E-state index in [1.165, 1.54) is 0 Å². The predicted octanol–water partition coefficient (Wildman–Crippen LogP) is 3.87. The van der Waals surface area contributed by atoms with Crippen molar-refractivity contribution in [3.05, 3.63) is 33.3 Å². The molecule has 1 amide bonds. The normalized spacial score (nSPS) is 25.4. The Labute approximate surface area is 137 Å². The maximum Gasteiger partial charge on any atom is 0.311 e. The van der Waals surface area contributed by atoms with Crippen molar-refractivity contribution in [2.24, 2.45) is 5.41 Å². The molecule has 0 radical (unpaired) electrons. The number of nitrogens with one attached hydrogen (secondary N) is 1. The summed E-state index contributed by atoms with van der Waals surface area (Å²) in [6, 6.07) is 4.72. The summed E-state index contributed by atoms with van der Waals surface area (Å²) < 4.78 is 0.640. The van der Waals surface area contributed by atoms with Gasteiger partial charge in [0.15, 0.2) is 0 Å². The van der Waals surface area contributed by atoms with Gasteiger partial charge < -0.3 is 10.4 Å². The third-order valence-corrected chi connectivity index (χ3v) is 5.49. The first-order valence-electron chi connectivity index (χ1n) is 6.84. The molecule has 2 unspecified atom stereocenters. The van der Waals surface area contributed by atoms with E-state index in [1.54, 1.807) is 25.1 Å². The second kappa shape index (κ2) is 6.36. The molecule has 0 aliphatic heterocycles. The summed E-state index contributed by atoms with van der Waals surface area (Å²) in [6.07, 6.45) is 3.02. The number of halogens is 2. The first-order chi connectivity index (χ1) is 9.86. The molecule has 2 N–H and O–H groups in total. The highest BCUT2D eigenvalue weighted by atomic mass is 79.9. The van der Waals surface area contributed by atoms with E-state index in [-0.39, 0.29) is 11.9 Å². The highest BCUT2D eigenvalue weighted by Crippen LogP contribution is 2.37. The Morgan fingerprint density at radius 2 is 2.14 bits per heavy atom. The van der Waals surface area contributed by atoms with Gasteiger partial charge in [-0.1, -0.05) is 30.5 Å². The summed E-state index contributed by atoms with van der Waals surface area (Å²) >= 11 is 9.39. The monoisotopic (exact) mass is 373 g/mol. The Kier molecular flexibility index (Phi) is 4.94. The molecule has 21 heavy (non-hydrogen) atoms. The highest BCUT2D eigenvalue weighted by molar-refractivity contribution is 9.10. The molecule has 1 aromatic rings. The maximum atomic E-state index is 12.4. The second-order valence-electron chi connectivity index (χ2n) is 5.60. The van der Waals surface area contributed by atoms with Gasteiger partial charge in [-0.25, -0.2) is 0 Å². The van der Waals surface area contributed by atoms with Gasteiger partial charge in [-0.15, -0.1) is 0 Å². The Morgan fingerprint density at radius 3 is 2.81 bits per heavy atom. The minimum atomic E-state index is -0.924. The van der Waals surface area contributed by atoms with E-state index in [1.807, 2.05) is 0 Å². The number of amides is 1. The molecule has 2 rings (SSSR count). The quantitative estimate of drug-likeness (QED) is 0.844. The zero-order chi connectivity index (χ0) is 15.6. The molecule has 114 valence electrons. The van der Waals surface area contributed by atoms with Crippen LogP contribution in [0.5, 0.6) is 0 Å². The lowest BCUT2D eigenvalue weighted by atomic mass is 9.71. The summed E-state index contributed by atoms with van der Waals surface area (Å²) in [5.41, 5.74) is -0.573. The van der Waals surface area contributed by atoms with Crippen LogP contribution in [0.15, 0.2) is 22.7 Å². The van der Waals surface area contributed by atoms with Crippen LogP contribution in [0.3, 0.4) is 0 Å². The summed E-state index contributed by atoms with van der Waals surface area (Å²) in [5, 5.41) is 12.7. The van der Waals surface area contributed by atoms with Crippen LogP contribution in [0.2, 0.25) is 5.02 Å². The van der Waals surface area contributed by atoms with Gasteiger partial charge in [-0.2, -0.15) is 0 Å². The zero-order valence-corrected chi connectivity index (χ0v) is 14.0. The van der Waals surface area contributed by atoms with Gasteiger partial charge in [0, 0.05) is 10.5 Å². The van der Waals surface area contributed by atoms with E-state index in [2.05, 4.69) is 21.2 Å². The molecule has 0 bridgehead atoms. The van der Waals surface area contributed by atoms with Crippen LogP contribution in [-0.4, -0.2) is 23.0 Å². The second-order valence-corrected chi connectivity index (χ2v) is 6.83. The highest BCUT2D eigenvalue weighted by Gasteiger charge is 2.44. The zero-order valence-electron chi connectivity index (χ0n) is 11.7. The van der Waals surface area contributed by atoms with Gasteiger partial charge in [0.25, 0.3) is 5.91 Å². The van der Waals surface area contributed by atoms with Crippen molar-refractivity contribution >= 4 is 39.4 Å². The van der Waals surface area contributed by atoms with Crippen LogP contribution >= 0.6 is 27.5 Å². The topological polar surface area (TPSA) is 66.4 Å². The Hall–Kier alpha value is -1.07. The van der Waals surface area contributed by atoms with Gasteiger partial charge in [0.1, 0.15) is 0 Å². The van der Waals surface area contributed by atoms with Crippen LogP contribution in [0, 0.1) is 5.41 Å². The van der Waals surface area contributed by atoms with E-state index < -0.39 is 11.4 Å². The van der Waals surface area contributed by atoms with Crippen molar-refractivity contribution in [2.45, 2.75) is 38.6 Å². The van der Waals surface area contributed by atoms with E-state index in [9.17, 15) is 14.7 Å². The minimum absolute atomic E-state index is 0.333. The third kappa shape index (κ3) is 3.24. The third-order valence-electron chi connectivity index (χ3n) is 4.20. The molecule has 2 atom stereocenters. The largest absolute Gasteiger partial charge is 0.481 e. The summed E-state index contributed by atoms with van der Waals surface area (Å²) in [5.74, 6) is -1.20. The molecule has 0 saturated heterocycles. The lowest BCUT2D eigenvalue weighted by Gasteiger charge is -2.38.